The largest absolute Gasteiger partial charge is 0.504 e. The molecule has 3 saturated heterocycles. The van der Waals surface area contributed by atoms with Gasteiger partial charge in [-0.25, -0.2) is 4.79 Å². The number of nitrogens with zero attached hydrogens (tertiary/aromatic N) is 3. The number of aliphatic hydroxyl groups excluding tert-OH is 3. The lowest BCUT2D eigenvalue weighted by Gasteiger charge is -2.56. The van der Waals surface area contributed by atoms with Crippen molar-refractivity contribution in [3.05, 3.63) is 106 Å². The predicted octanol–water partition coefficient (Wildman–Crippen LogP) is 2.35. The first-order chi connectivity index (χ1) is 36.2. The average Bonchev–Trinajstić information content (AvgIpc) is 4.25. The summed E-state index contributed by atoms with van der Waals surface area (Å²) in [4.78, 5) is 37.8. The number of benzene rings is 3. The molecule has 3 aromatic carbocycles. The minimum atomic E-state index is -2.74. The van der Waals surface area contributed by atoms with Crippen molar-refractivity contribution in [3.63, 3.8) is 0 Å². The second-order valence-electron chi connectivity index (χ2n) is 23.3. The maximum absolute atomic E-state index is 10.4. The summed E-state index contributed by atoms with van der Waals surface area (Å²) in [6, 6.07) is 12.7. The Morgan fingerprint density at radius 1 is 0.513 bits per heavy atom. The highest BCUT2D eigenvalue weighted by Gasteiger charge is 2.67. The van der Waals surface area contributed by atoms with Gasteiger partial charge in [0.25, 0.3) is 0 Å². The Hall–Kier alpha value is -6.19. The number of phenols is 3. The third-order valence-corrected chi connectivity index (χ3v) is 19.7. The molecule has 6 aliphatic carbocycles. The van der Waals surface area contributed by atoms with Gasteiger partial charge in [0.15, 0.2) is 40.1 Å². The van der Waals surface area contributed by atoms with E-state index in [1.54, 1.807) is 18.2 Å². The number of aromatic hydroxyl groups is 3. The van der Waals surface area contributed by atoms with E-state index in [9.17, 15) is 45.0 Å². The van der Waals surface area contributed by atoms with Crippen LogP contribution in [0.2, 0.25) is 0 Å². The first-order valence-corrected chi connectivity index (χ1v) is 26.3. The van der Waals surface area contributed by atoms with Gasteiger partial charge < -0.3 is 80.0 Å². The van der Waals surface area contributed by atoms with E-state index in [1.807, 2.05) is 36.4 Å². The van der Waals surface area contributed by atoms with Crippen LogP contribution in [-0.2, 0) is 49.9 Å². The number of carbonyl (C=O) groups is 3. The number of likely N-dealkylation sites (tertiary alicyclic amines) is 3. The van der Waals surface area contributed by atoms with Gasteiger partial charge in [-0.1, -0.05) is 54.7 Å². The molecule has 0 radical (unpaired) electrons. The van der Waals surface area contributed by atoms with Gasteiger partial charge in [-0.3, -0.25) is 9.59 Å². The van der Waals surface area contributed by atoms with Crippen LogP contribution in [0, 0.1) is 17.8 Å². The molecule has 3 aromatic rings. The van der Waals surface area contributed by atoms with Crippen molar-refractivity contribution in [2.45, 2.75) is 128 Å². The molecule has 6 heterocycles. The molecule has 19 nitrogen and oxygen atoms in total. The molecule has 15 atom stereocenters. The van der Waals surface area contributed by atoms with Gasteiger partial charge in [0.05, 0.1) is 12.8 Å². The minimum absolute atomic E-state index is 0.160. The first-order valence-electron chi connectivity index (χ1n) is 26.3. The molecule has 0 aromatic heterocycles. The number of ether oxygens (including phenoxy) is 3. The van der Waals surface area contributed by atoms with Crippen LogP contribution in [0.4, 0.5) is 0 Å². The Bertz CT molecular complexity index is 2740. The Labute approximate surface area is 438 Å². The van der Waals surface area contributed by atoms with Crippen LogP contribution in [-0.4, -0.2) is 185 Å². The van der Waals surface area contributed by atoms with Gasteiger partial charge in [0.2, 0.25) is 0 Å². The van der Waals surface area contributed by atoms with Crippen LogP contribution in [0.3, 0.4) is 0 Å². The Morgan fingerprint density at radius 3 is 1.07 bits per heavy atom. The molecular formula is C57H65N3O16. The van der Waals surface area contributed by atoms with E-state index in [0.29, 0.717) is 53.1 Å². The van der Waals surface area contributed by atoms with Crippen molar-refractivity contribution in [2.24, 2.45) is 17.8 Å². The number of hydrogen-bond acceptors (Lipinski definition) is 16. The molecule has 76 heavy (non-hydrogen) atoms. The van der Waals surface area contributed by atoms with E-state index in [1.165, 1.54) is 33.4 Å². The van der Waals surface area contributed by atoms with Crippen molar-refractivity contribution < 1.29 is 79.7 Å². The summed E-state index contributed by atoms with van der Waals surface area (Å²) in [5.74, 6) is -1.45. The summed E-state index contributed by atoms with van der Waals surface area (Å²) in [5.41, 5.74) is 4.13. The molecule has 12 aliphatic rings. The fourth-order valence-electron chi connectivity index (χ4n) is 16.4. The van der Waals surface area contributed by atoms with Crippen molar-refractivity contribution in [1.29, 1.82) is 0 Å². The van der Waals surface area contributed by atoms with E-state index in [-0.39, 0.29) is 51.8 Å². The normalized spacial score (nSPS) is 37.1. The highest BCUT2D eigenvalue weighted by Crippen LogP contribution is 2.65. The summed E-state index contributed by atoms with van der Waals surface area (Å²) in [5, 5.41) is 95.8. The monoisotopic (exact) mass is 1050 g/mol. The number of aliphatic hydroxyl groups is 4. The standard InChI is InChI=1S/3C17H19NO3.C6H8O7/c3*1-18-7-6-17-10-3-5-13(20)16(17)21-15-12(19)4-2-9(14(15)17)8-11(10)18;7-3(8)1-6(13,5(11)12)2-4(9)10/h3*2-5,10-11,13,16,19-20H,6-8H2,1H3;13H,1-2H2,(H,7,8)(H,9,10)(H,11,12)/t3*10-,11+,13-,16-,17-;/m000./s1. The summed E-state index contributed by atoms with van der Waals surface area (Å²) in [6.45, 7) is 3.03. The van der Waals surface area contributed by atoms with Gasteiger partial charge in [0.1, 0.15) is 36.6 Å². The third-order valence-electron chi connectivity index (χ3n) is 19.7. The number of carboxylic acid groups (broad SMARTS) is 3. The lowest BCUT2D eigenvalue weighted by molar-refractivity contribution is -0.170. The first kappa shape index (κ1) is 50.6. The van der Waals surface area contributed by atoms with Crippen LogP contribution < -0.4 is 14.2 Å². The van der Waals surface area contributed by atoms with Crippen molar-refractivity contribution in [3.8, 4) is 34.5 Å². The molecule has 6 aliphatic heterocycles. The number of hydrogen-bond donors (Lipinski definition) is 10. The van der Waals surface area contributed by atoms with Gasteiger partial charge in [0, 0.05) is 68.8 Å². The average molecular weight is 1050 g/mol. The third kappa shape index (κ3) is 7.01. The predicted molar refractivity (Wildman–Crippen MR) is 270 cm³/mol. The van der Waals surface area contributed by atoms with E-state index < -0.39 is 54.7 Å². The molecule has 0 unspecified atom stereocenters. The van der Waals surface area contributed by atoms with Crippen molar-refractivity contribution >= 4 is 17.9 Å². The van der Waals surface area contributed by atoms with Gasteiger partial charge >= 0.3 is 17.9 Å². The molecule has 6 bridgehead atoms. The van der Waals surface area contributed by atoms with Crippen molar-refractivity contribution in [1.82, 2.24) is 14.7 Å². The zero-order chi connectivity index (χ0) is 53.7. The van der Waals surface area contributed by atoms with Gasteiger partial charge in [-0.2, -0.15) is 0 Å². The number of likely N-dealkylation sites (N-methyl/N-ethyl adjacent to an activating group) is 3. The minimum Gasteiger partial charge on any atom is -0.504 e. The van der Waals surface area contributed by atoms with E-state index in [2.05, 4.69) is 54.1 Å². The summed E-state index contributed by atoms with van der Waals surface area (Å²) < 4.78 is 18.3. The van der Waals surface area contributed by atoms with E-state index in [4.69, 9.17) is 34.6 Å². The van der Waals surface area contributed by atoms with Crippen LogP contribution in [0.15, 0.2) is 72.9 Å². The Morgan fingerprint density at radius 2 is 0.803 bits per heavy atom. The summed E-state index contributed by atoms with van der Waals surface area (Å²) in [7, 11) is 6.56. The highest BCUT2D eigenvalue weighted by molar-refractivity contribution is 5.88. The van der Waals surface area contributed by atoms with Crippen LogP contribution >= 0.6 is 0 Å². The quantitative estimate of drug-likeness (QED) is 0.164. The fourth-order valence-corrected chi connectivity index (χ4v) is 16.4. The molecule has 15 rings (SSSR count). The maximum atomic E-state index is 10.4. The summed E-state index contributed by atoms with van der Waals surface area (Å²) in [6.07, 6.45) is 13.2. The molecule has 3 fully saturated rings. The van der Waals surface area contributed by atoms with Crippen LogP contribution in [0.1, 0.15) is 65.5 Å². The molecule has 0 amide bonds. The molecule has 3 spiro atoms. The lowest BCUT2D eigenvalue weighted by Crippen LogP contribution is -2.64. The molecule has 19 heteroatoms. The second kappa shape index (κ2) is 17.7. The zero-order valence-electron chi connectivity index (χ0n) is 42.4. The molecule has 0 saturated carbocycles. The summed E-state index contributed by atoms with van der Waals surface area (Å²) >= 11 is 0. The maximum Gasteiger partial charge on any atom is 0.336 e. The number of phenolic OH excluding ortho intramolecular Hbond substituents is 3. The van der Waals surface area contributed by atoms with E-state index >= 15 is 0 Å². The fraction of sp³-hybridized carbons (Fsp3) is 0.526. The van der Waals surface area contributed by atoms with Gasteiger partial charge in [-0.15, -0.1) is 0 Å². The van der Waals surface area contributed by atoms with E-state index in [0.717, 1.165) is 58.2 Å². The molecule has 10 N–H and O–H groups in total. The highest BCUT2D eigenvalue weighted by atomic mass is 16.5. The van der Waals surface area contributed by atoms with Crippen LogP contribution in [0.5, 0.6) is 34.5 Å². The molecular weight excluding hydrogens is 983 g/mol. The SMILES string of the molecule is CN1CC[C@]23c4c5ccc(O)c4O[C@H]2[C@@H](O)C=C[C@H]3[C@H]1C5.CN1CC[C@]23c4c5ccc(O)c4O[C@H]2[C@@H](O)C=C[C@H]3[C@H]1C5.CN1CC[C@]23c4c5ccc(O)c4O[C@H]2[C@@H](O)C=C[C@H]3[C@H]1C5.O=C(O)CC(O)(CC(=O)O)C(=O)O. The number of rotatable bonds is 5. The molecule has 404 valence electrons. The zero-order valence-corrected chi connectivity index (χ0v) is 42.4. The Kier molecular flexibility index (Phi) is 11.8. The topological polar surface area (TPSA) is 291 Å². The van der Waals surface area contributed by atoms with Crippen LogP contribution in [0.25, 0.3) is 0 Å². The lowest BCUT2D eigenvalue weighted by atomic mass is 9.53. The second-order valence-corrected chi connectivity index (χ2v) is 23.3. The van der Waals surface area contributed by atoms with Gasteiger partial charge in [-0.05, 0) is 114 Å². The number of piperidine rings is 3. The Balaban J connectivity index is 0.000000104. The number of carboxylic acids is 3. The van der Waals surface area contributed by atoms with Crippen molar-refractivity contribution in [2.75, 3.05) is 40.8 Å². The smallest absolute Gasteiger partial charge is 0.336 e. The number of aliphatic carboxylic acids is 3.